The van der Waals surface area contributed by atoms with Gasteiger partial charge < -0.3 is 9.73 Å². The number of hydrogen-bond donors (Lipinski definition) is 2. The first-order valence-electron chi connectivity index (χ1n) is 8.09. The van der Waals surface area contributed by atoms with Gasteiger partial charge in [-0.05, 0) is 5.56 Å². The van der Waals surface area contributed by atoms with Crippen molar-refractivity contribution in [2.24, 2.45) is 0 Å². The van der Waals surface area contributed by atoms with Gasteiger partial charge in [-0.15, -0.1) is 0 Å². The number of aromatic nitrogens is 3. The largest absolute Gasteiger partial charge is 0.451 e. The molecule has 2 N–H and O–H groups in total. The first-order valence-corrected chi connectivity index (χ1v) is 9.53. The quantitative estimate of drug-likeness (QED) is 0.629. The van der Waals surface area contributed by atoms with Crippen molar-refractivity contribution in [2.45, 2.75) is 17.6 Å². The standard InChI is InChI=1S/C17H19N5O4S/c1-22(2)27(24,25)16-8-13(10-26-16)17(23)20-14(9-15-18-11-19-21-15)12-6-4-3-5-7-12/h3-8,10-11,14H,9H2,1-2H3,(H,20,23)(H,18,19,21)/t14-/m0/s1. The maximum atomic E-state index is 12.6. The van der Waals surface area contributed by atoms with Crippen molar-refractivity contribution < 1.29 is 17.6 Å². The van der Waals surface area contributed by atoms with E-state index >= 15 is 0 Å². The first-order chi connectivity index (χ1) is 12.9. The van der Waals surface area contributed by atoms with Crippen LogP contribution < -0.4 is 5.32 Å². The third-order valence-electron chi connectivity index (χ3n) is 3.94. The Balaban J connectivity index is 1.82. The number of carbonyl (C=O) groups is 1. The molecule has 10 heteroatoms. The van der Waals surface area contributed by atoms with Gasteiger partial charge in [0.05, 0.1) is 11.6 Å². The SMILES string of the molecule is CN(C)S(=O)(=O)c1cc(C(=O)N[C@@H](Cc2ncn[nH]2)c2ccccc2)co1. The summed E-state index contributed by atoms with van der Waals surface area (Å²) in [5, 5.41) is 9.19. The van der Waals surface area contributed by atoms with E-state index in [9.17, 15) is 13.2 Å². The summed E-state index contributed by atoms with van der Waals surface area (Å²) in [4.78, 5) is 16.7. The molecule has 2 aromatic heterocycles. The Morgan fingerprint density at radius 2 is 2.04 bits per heavy atom. The van der Waals surface area contributed by atoms with Gasteiger partial charge in [0.1, 0.15) is 18.4 Å². The molecule has 0 fully saturated rings. The molecule has 0 unspecified atom stereocenters. The Kier molecular flexibility index (Phi) is 5.38. The second kappa shape index (κ2) is 7.72. The van der Waals surface area contributed by atoms with E-state index in [1.54, 1.807) is 0 Å². The number of nitrogens with one attached hydrogen (secondary N) is 2. The van der Waals surface area contributed by atoms with Crippen LogP contribution in [0.5, 0.6) is 0 Å². The Morgan fingerprint density at radius 3 is 2.67 bits per heavy atom. The summed E-state index contributed by atoms with van der Waals surface area (Å²) in [6, 6.07) is 10.2. The molecule has 2 heterocycles. The van der Waals surface area contributed by atoms with Crippen LogP contribution in [0.2, 0.25) is 0 Å². The fourth-order valence-corrected chi connectivity index (χ4v) is 3.26. The lowest BCUT2D eigenvalue weighted by molar-refractivity contribution is 0.0935. The number of aromatic amines is 1. The van der Waals surface area contributed by atoms with Crippen LogP contribution in [-0.4, -0.2) is 47.9 Å². The molecule has 1 amide bonds. The molecule has 3 aromatic rings. The molecular formula is C17H19N5O4S. The van der Waals surface area contributed by atoms with Crippen molar-refractivity contribution in [2.75, 3.05) is 14.1 Å². The number of H-pyrrole nitrogens is 1. The third kappa shape index (κ3) is 4.23. The minimum Gasteiger partial charge on any atom is -0.451 e. The average molecular weight is 389 g/mol. The lowest BCUT2D eigenvalue weighted by Crippen LogP contribution is -2.30. The van der Waals surface area contributed by atoms with Crippen molar-refractivity contribution in [3.8, 4) is 0 Å². The molecular weight excluding hydrogens is 370 g/mol. The molecule has 0 aliphatic heterocycles. The molecule has 0 aliphatic rings. The van der Waals surface area contributed by atoms with Gasteiger partial charge in [0.25, 0.3) is 15.9 Å². The van der Waals surface area contributed by atoms with Gasteiger partial charge in [-0.2, -0.15) is 5.10 Å². The molecule has 3 rings (SSSR count). The smallest absolute Gasteiger partial charge is 0.275 e. The van der Waals surface area contributed by atoms with Gasteiger partial charge in [-0.1, -0.05) is 30.3 Å². The van der Waals surface area contributed by atoms with E-state index in [0.29, 0.717) is 12.2 Å². The fraction of sp³-hybridized carbons (Fsp3) is 0.235. The van der Waals surface area contributed by atoms with E-state index in [2.05, 4.69) is 20.5 Å². The van der Waals surface area contributed by atoms with Crippen LogP contribution in [0.3, 0.4) is 0 Å². The van der Waals surface area contributed by atoms with E-state index in [-0.39, 0.29) is 16.7 Å². The van der Waals surface area contributed by atoms with Gasteiger partial charge in [0.2, 0.25) is 5.09 Å². The van der Waals surface area contributed by atoms with Gasteiger partial charge in [0.15, 0.2) is 0 Å². The van der Waals surface area contributed by atoms with E-state index in [0.717, 1.165) is 16.1 Å². The van der Waals surface area contributed by atoms with Crippen molar-refractivity contribution in [3.63, 3.8) is 0 Å². The van der Waals surface area contributed by atoms with Gasteiger partial charge in [0, 0.05) is 26.6 Å². The van der Waals surface area contributed by atoms with E-state index < -0.39 is 15.9 Å². The summed E-state index contributed by atoms with van der Waals surface area (Å²) in [5.74, 6) is 0.166. The molecule has 1 atom stereocenters. The number of sulfonamides is 1. The number of furan rings is 1. The zero-order valence-electron chi connectivity index (χ0n) is 14.8. The van der Waals surface area contributed by atoms with Crippen LogP contribution >= 0.6 is 0 Å². The Labute approximate surface area is 156 Å². The normalized spacial score (nSPS) is 12.9. The molecule has 0 saturated carbocycles. The fourth-order valence-electron chi connectivity index (χ4n) is 2.45. The minimum atomic E-state index is -3.75. The second-order valence-electron chi connectivity index (χ2n) is 6.01. The Hall–Kier alpha value is -2.98. The number of hydrogen-bond acceptors (Lipinski definition) is 6. The highest BCUT2D eigenvalue weighted by Gasteiger charge is 2.25. The highest BCUT2D eigenvalue weighted by Crippen LogP contribution is 2.20. The maximum absolute atomic E-state index is 12.6. The molecule has 0 aliphatic carbocycles. The number of benzene rings is 1. The zero-order chi connectivity index (χ0) is 19.4. The number of nitrogens with zero attached hydrogens (tertiary/aromatic N) is 3. The van der Waals surface area contributed by atoms with Crippen molar-refractivity contribution >= 4 is 15.9 Å². The molecule has 27 heavy (non-hydrogen) atoms. The summed E-state index contributed by atoms with van der Waals surface area (Å²) < 4.78 is 30.3. The minimum absolute atomic E-state index is 0.119. The van der Waals surface area contributed by atoms with Crippen LogP contribution in [0.4, 0.5) is 0 Å². The average Bonchev–Trinajstić information content (AvgIpc) is 3.34. The van der Waals surface area contributed by atoms with Crippen LogP contribution in [0.15, 0.2) is 58.5 Å². The van der Waals surface area contributed by atoms with E-state index in [1.807, 2.05) is 30.3 Å². The number of carbonyl (C=O) groups excluding carboxylic acids is 1. The highest BCUT2D eigenvalue weighted by atomic mass is 32.2. The van der Waals surface area contributed by atoms with Crippen molar-refractivity contribution in [3.05, 3.63) is 65.9 Å². The predicted octanol–water partition coefficient (Wildman–Crippen LogP) is 1.36. The molecule has 0 bridgehead atoms. The maximum Gasteiger partial charge on any atom is 0.275 e. The van der Waals surface area contributed by atoms with Crippen LogP contribution in [0, 0.1) is 0 Å². The van der Waals surface area contributed by atoms with Gasteiger partial charge in [-0.25, -0.2) is 17.7 Å². The van der Waals surface area contributed by atoms with Crippen LogP contribution in [0.1, 0.15) is 27.8 Å². The molecule has 0 saturated heterocycles. The lowest BCUT2D eigenvalue weighted by atomic mass is 10.0. The monoisotopic (exact) mass is 389 g/mol. The zero-order valence-corrected chi connectivity index (χ0v) is 15.6. The molecule has 142 valence electrons. The molecule has 0 spiro atoms. The summed E-state index contributed by atoms with van der Waals surface area (Å²) in [5.41, 5.74) is 1.00. The Morgan fingerprint density at radius 1 is 1.30 bits per heavy atom. The summed E-state index contributed by atoms with van der Waals surface area (Å²) in [7, 11) is -0.969. The van der Waals surface area contributed by atoms with E-state index in [1.165, 1.54) is 26.5 Å². The second-order valence-corrected chi connectivity index (χ2v) is 8.10. The summed E-state index contributed by atoms with van der Waals surface area (Å²) in [6.45, 7) is 0. The summed E-state index contributed by atoms with van der Waals surface area (Å²) >= 11 is 0. The van der Waals surface area contributed by atoms with Crippen molar-refractivity contribution in [1.29, 1.82) is 0 Å². The van der Waals surface area contributed by atoms with Gasteiger partial charge in [-0.3, -0.25) is 9.89 Å². The topological polar surface area (TPSA) is 121 Å². The summed E-state index contributed by atoms with van der Waals surface area (Å²) in [6.07, 6.45) is 2.92. The molecule has 1 aromatic carbocycles. The van der Waals surface area contributed by atoms with Gasteiger partial charge >= 0.3 is 0 Å². The number of amides is 1. The number of rotatable bonds is 7. The van der Waals surface area contributed by atoms with Crippen LogP contribution in [0.25, 0.3) is 0 Å². The van der Waals surface area contributed by atoms with E-state index in [4.69, 9.17) is 4.42 Å². The third-order valence-corrected chi connectivity index (χ3v) is 5.63. The van der Waals surface area contributed by atoms with Crippen molar-refractivity contribution in [1.82, 2.24) is 24.8 Å². The molecule has 0 radical (unpaired) electrons. The Bertz CT molecular complexity index is 997. The highest BCUT2D eigenvalue weighted by molar-refractivity contribution is 7.88. The van der Waals surface area contributed by atoms with Crippen LogP contribution in [-0.2, 0) is 16.4 Å². The lowest BCUT2D eigenvalue weighted by Gasteiger charge is -2.17. The molecule has 9 nitrogen and oxygen atoms in total. The first kappa shape index (κ1) is 18.8. The predicted molar refractivity (Wildman–Crippen MR) is 96.3 cm³/mol.